The van der Waals surface area contributed by atoms with Gasteiger partial charge in [-0.05, 0) is 13.0 Å². The number of nitrogens with two attached hydrogens (primary N) is 1. The Morgan fingerprint density at radius 1 is 1.40 bits per heavy atom. The highest BCUT2D eigenvalue weighted by Gasteiger charge is 2.38. The lowest BCUT2D eigenvalue weighted by Gasteiger charge is -2.01. The lowest BCUT2D eigenvalue weighted by Crippen LogP contribution is -2.21. The van der Waals surface area contributed by atoms with Crippen molar-refractivity contribution in [3.8, 4) is 10.4 Å². The van der Waals surface area contributed by atoms with Gasteiger partial charge in [-0.1, -0.05) is 22.9 Å². The quantitative estimate of drug-likeness (QED) is 0.670. The van der Waals surface area contributed by atoms with Crippen molar-refractivity contribution in [2.45, 2.75) is 20.0 Å². The van der Waals surface area contributed by atoms with Gasteiger partial charge in [-0.15, -0.1) is 0 Å². The second-order valence-electron chi connectivity index (χ2n) is 4.52. The van der Waals surface area contributed by atoms with E-state index in [-0.39, 0.29) is 11.1 Å². The fourth-order valence-corrected chi connectivity index (χ4v) is 2.55. The Morgan fingerprint density at radius 3 is 2.40 bits per heavy atom. The molecule has 1 amide bonds. The number of thiazole rings is 1. The second kappa shape index (κ2) is 8.12. The minimum atomic E-state index is -5.08. The predicted molar refractivity (Wildman–Crippen MR) is 87.5 cm³/mol. The number of nitrogens with zero attached hydrogens (tertiary/aromatic N) is 2. The number of hydrogen-bond donors (Lipinski definition) is 3. The van der Waals surface area contributed by atoms with E-state index in [1.807, 2.05) is 6.92 Å². The summed E-state index contributed by atoms with van der Waals surface area (Å²) in [7, 11) is 0. The molecule has 2 aromatic rings. The minimum Gasteiger partial charge on any atom is -0.475 e. The van der Waals surface area contributed by atoms with E-state index in [4.69, 9.17) is 27.2 Å². The van der Waals surface area contributed by atoms with Gasteiger partial charge in [0.15, 0.2) is 10.3 Å². The fraction of sp³-hybridized carbons (Fsp3) is 0.231. The zero-order valence-electron chi connectivity index (χ0n) is 12.8. The Morgan fingerprint density at radius 2 is 1.96 bits per heavy atom. The van der Waals surface area contributed by atoms with Crippen molar-refractivity contribution >= 4 is 45.6 Å². The molecular formula is C13H12ClF3N4O3S. The first-order chi connectivity index (χ1) is 11.4. The average Bonchev–Trinajstić information content (AvgIpc) is 2.81. The van der Waals surface area contributed by atoms with Crippen molar-refractivity contribution in [2.75, 3.05) is 11.1 Å². The maximum absolute atomic E-state index is 11.0. The van der Waals surface area contributed by atoms with Gasteiger partial charge < -0.3 is 16.2 Å². The Balaban J connectivity index is 0.000000381. The third kappa shape index (κ3) is 6.19. The van der Waals surface area contributed by atoms with E-state index in [0.717, 1.165) is 16.1 Å². The van der Waals surface area contributed by atoms with E-state index in [9.17, 15) is 18.0 Å². The van der Waals surface area contributed by atoms with Crippen molar-refractivity contribution in [3.05, 3.63) is 23.1 Å². The fourth-order valence-electron chi connectivity index (χ4n) is 1.46. The lowest BCUT2D eigenvalue weighted by molar-refractivity contribution is -0.192. The van der Waals surface area contributed by atoms with Crippen LogP contribution in [0, 0.1) is 6.92 Å². The molecule has 0 aliphatic rings. The zero-order chi connectivity index (χ0) is 19.4. The number of nitrogen functional groups attached to an aromatic ring is 1. The number of carbonyl (C=O) groups is 2. The first kappa shape index (κ1) is 20.6. The summed E-state index contributed by atoms with van der Waals surface area (Å²) < 4.78 is 31.7. The van der Waals surface area contributed by atoms with Gasteiger partial charge in [0.2, 0.25) is 5.91 Å². The topological polar surface area (TPSA) is 118 Å². The number of carboxylic acids is 1. The molecular weight excluding hydrogens is 385 g/mol. The first-order valence-corrected chi connectivity index (χ1v) is 7.57. The minimum absolute atomic E-state index is 0.149. The van der Waals surface area contributed by atoms with Gasteiger partial charge in [0.05, 0.1) is 16.3 Å². The molecule has 12 heteroatoms. The molecule has 0 aromatic carbocycles. The highest BCUT2D eigenvalue weighted by Crippen LogP contribution is 2.34. The largest absolute Gasteiger partial charge is 0.490 e. The number of carboxylic acid groups (broad SMARTS) is 1. The lowest BCUT2D eigenvalue weighted by atomic mass is 10.2. The van der Waals surface area contributed by atoms with Crippen LogP contribution < -0.4 is 11.1 Å². The molecule has 2 rings (SSSR count). The second-order valence-corrected chi connectivity index (χ2v) is 5.88. The number of aryl methyl sites for hydroxylation is 1. The summed E-state index contributed by atoms with van der Waals surface area (Å²) in [5.41, 5.74) is 7.78. The first-order valence-electron chi connectivity index (χ1n) is 6.38. The highest BCUT2D eigenvalue weighted by atomic mass is 35.5. The summed E-state index contributed by atoms with van der Waals surface area (Å²) >= 11 is 7.15. The highest BCUT2D eigenvalue weighted by molar-refractivity contribution is 7.19. The molecule has 2 heterocycles. The number of anilines is 2. The molecule has 0 saturated carbocycles. The normalized spacial score (nSPS) is 10.6. The zero-order valence-corrected chi connectivity index (χ0v) is 14.4. The number of halogens is 4. The van der Waals surface area contributed by atoms with Gasteiger partial charge in [-0.2, -0.15) is 13.2 Å². The monoisotopic (exact) mass is 396 g/mol. The van der Waals surface area contributed by atoms with Crippen LogP contribution in [0.2, 0.25) is 5.15 Å². The van der Waals surface area contributed by atoms with Crippen LogP contribution in [-0.4, -0.2) is 33.1 Å². The summed E-state index contributed by atoms with van der Waals surface area (Å²) in [4.78, 5) is 29.0. The van der Waals surface area contributed by atoms with Crippen LogP contribution in [0.4, 0.5) is 24.0 Å². The smallest absolute Gasteiger partial charge is 0.475 e. The van der Waals surface area contributed by atoms with Gasteiger partial charge in [0, 0.05) is 18.7 Å². The maximum Gasteiger partial charge on any atom is 0.490 e. The SMILES string of the molecule is CC(=O)Nc1nc(C)c(-c2cnc(Cl)c(N)c2)s1.O=C(O)C(F)(F)F. The van der Waals surface area contributed by atoms with E-state index in [1.165, 1.54) is 18.3 Å². The Bertz CT molecular complexity index is 795. The Labute approximate surface area is 148 Å². The molecule has 0 aliphatic carbocycles. The average molecular weight is 397 g/mol. The van der Waals surface area contributed by atoms with Crippen molar-refractivity contribution in [3.63, 3.8) is 0 Å². The van der Waals surface area contributed by atoms with E-state index in [0.29, 0.717) is 10.8 Å². The number of nitrogens with one attached hydrogen (secondary N) is 1. The summed E-state index contributed by atoms with van der Waals surface area (Å²) in [6.07, 6.45) is -3.45. The number of amides is 1. The number of hydrogen-bond acceptors (Lipinski definition) is 6. The number of aliphatic carboxylic acids is 1. The van der Waals surface area contributed by atoms with Crippen molar-refractivity contribution in [1.82, 2.24) is 9.97 Å². The van der Waals surface area contributed by atoms with Crippen molar-refractivity contribution < 1.29 is 27.9 Å². The molecule has 25 heavy (non-hydrogen) atoms. The maximum atomic E-state index is 11.0. The van der Waals surface area contributed by atoms with Gasteiger partial charge in [-0.25, -0.2) is 14.8 Å². The van der Waals surface area contributed by atoms with E-state index >= 15 is 0 Å². The molecule has 0 spiro atoms. The van der Waals surface area contributed by atoms with Gasteiger partial charge in [0.25, 0.3) is 0 Å². The Kier molecular flexibility index (Phi) is 6.70. The molecule has 7 nitrogen and oxygen atoms in total. The van der Waals surface area contributed by atoms with Gasteiger partial charge in [0.1, 0.15) is 0 Å². The van der Waals surface area contributed by atoms with Crippen LogP contribution in [0.15, 0.2) is 12.3 Å². The van der Waals surface area contributed by atoms with Crippen LogP contribution in [-0.2, 0) is 9.59 Å². The van der Waals surface area contributed by atoms with Gasteiger partial charge in [-0.3, -0.25) is 4.79 Å². The van der Waals surface area contributed by atoms with E-state index in [2.05, 4.69) is 15.3 Å². The van der Waals surface area contributed by atoms with Crippen LogP contribution in [0.3, 0.4) is 0 Å². The van der Waals surface area contributed by atoms with Gasteiger partial charge >= 0.3 is 12.1 Å². The van der Waals surface area contributed by atoms with Crippen LogP contribution in [0.25, 0.3) is 10.4 Å². The molecule has 0 aliphatic heterocycles. The van der Waals surface area contributed by atoms with E-state index in [1.54, 1.807) is 12.3 Å². The van der Waals surface area contributed by atoms with Crippen LogP contribution in [0.5, 0.6) is 0 Å². The summed E-state index contributed by atoms with van der Waals surface area (Å²) in [5, 5.41) is 10.6. The molecule has 0 saturated heterocycles. The molecule has 136 valence electrons. The Hall–Kier alpha value is -2.40. The summed E-state index contributed by atoms with van der Waals surface area (Å²) in [5.74, 6) is -2.91. The number of alkyl halides is 3. The third-order valence-electron chi connectivity index (χ3n) is 2.45. The van der Waals surface area contributed by atoms with Crippen molar-refractivity contribution in [1.29, 1.82) is 0 Å². The number of rotatable bonds is 2. The standard InChI is InChI=1S/C11H11ClN4OS.C2HF3O2/c1-5-9(18-11(15-5)16-6(2)17)7-3-8(13)10(12)14-4-7;3-2(4,5)1(6)7/h3-4H,13H2,1-2H3,(H,15,16,17);(H,6,7). The summed E-state index contributed by atoms with van der Waals surface area (Å²) in [6, 6.07) is 1.74. The number of aromatic nitrogens is 2. The molecule has 0 radical (unpaired) electrons. The van der Waals surface area contributed by atoms with Crippen LogP contribution in [0.1, 0.15) is 12.6 Å². The predicted octanol–water partition coefficient (Wildman–Crippen LogP) is 3.34. The molecule has 0 bridgehead atoms. The van der Waals surface area contributed by atoms with Crippen LogP contribution >= 0.6 is 22.9 Å². The molecule has 0 fully saturated rings. The molecule has 0 atom stereocenters. The molecule has 4 N–H and O–H groups in total. The third-order valence-corrected chi connectivity index (χ3v) is 3.89. The number of carbonyl (C=O) groups excluding carboxylic acids is 1. The molecule has 2 aromatic heterocycles. The van der Waals surface area contributed by atoms with Crippen molar-refractivity contribution in [2.24, 2.45) is 0 Å². The summed E-state index contributed by atoms with van der Waals surface area (Å²) in [6.45, 7) is 3.31. The number of pyridine rings is 1. The van der Waals surface area contributed by atoms with E-state index < -0.39 is 12.1 Å². The molecule has 0 unspecified atom stereocenters.